The quantitative estimate of drug-likeness (QED) is 0.385. The van der Waals surface area contributed by atoms with Crippen LogP contribution in [0.4, 0.5) is 5.69 Å². The largest absolute Gasteiger partial charge is 0.397 e. The van der Waals surface area contributed by atoms with Crippen molar-refractivity contribution in [2.45, 2.75) is 40.0 Å². The first-order valence-corrected chi connectivity index (χ1v) is 11.4. The number of rotatable bonds is 2. The summed E-state index contributed by atoms with van der Waals surface area (Å²) in [6.07, 6.45) is 3.20. The standard InChI is InChI=1S/C26H26N2OS/c1-26(2,3)19-10-11-21-18(13-19)14-20-22(27)24(30-25(20)28-21)23(29)17-9-8-15-6-4-5-7-16(15)12-17/h4-9,12,14,19H,10-11,13,27H2,1-3H3. The smallest absolute Gasteiger partial charge is 0.205 e. The summed E-state index contributed by atoms with van der Waals surface area (Å²) >= 11 is 1.43. The number of thiophene rings is 1. The highest BCUT2D eigenvalue weighted by atomic mass is 32.1. The van der Waals surface area contributed by atoms with E-state index in [1.54, 1.807) is 0 Å². The third-order valence-corrected chi connectivity index (χ3v) is 7.64. The van der Waals surface area contributed by atoms with Crippen molar-refractivity contribution in [2.75, 3.05) is 5.73 Å². The molecule has 2 aromatic heterocycles. The molecule has 0 bridgehead atoms. The summed E-state index contributed by atoms with van der Waals surface area (Å²) in [5.41, 5.74) is 10.5. The number of carbonyl (C=O) groups is 1. The number of anilines is 1. The molecule has 0 saturated heterocycles. The van der Waals surface area contributed by atoms with Crippen molar-refractivity contribution in [3.05, 3.63) is 70.2 Å². The Morgan fingerprint density at radius 1 is 1.10 bits per heavy atom. The third-order valence-electron chi connectivity index (χ3n) is 6.53. The molecule has 5 rings (SSSR count). The number of fused-ring (bicyclic) bond motifs is 3. The molecular weight excluding hydrogens is 388 g/mol. The van der Waals surface area contributed by atoms with E-state index < -0.39 is 0 Å². The van der Waals surface area contributed by atoms with Crippen LogP contribution in [0.2, 0.25) is 0 Å². The lowest BCUT2D eigenvalue weighted by molar-refractivity contribution is 0.104. The molecule has 0 aliphatic heterocycles. The monoisotopic (exact) mass is 414 g/mol. The summed E-state index contributed by atoms with van der Waals surface area (Å²) in [5.74, 6) is 0.620. The fourth-order valence-electron chi connectivity index (χ4n) is 4.56. The summed E-state index contributed by atoms with van der Waals surface area (Å²) in [7, 11) is 0. The Morgan fingerprint density at radius 2 is 1.87 bits per heavy atom. The molecule has 2 heterocycles. The zero-order chi connectivity index (χ0) is 21.0. The number of aromatic nitrogens is 1. The topological polar surface area (TPSA) is 56.0 Å². The maximum Gasteiger partial charge on any atom is 0.205 e. The Hall–Kier alpha value is -2.72. The van der Waals surface area contributed by atoms with Crippen LogP contribution in [0.15, 0.2) is 48.5 Å². The maximum atomic E-state index is 13.3. The average Bonchev–Trinajstić information content (AvgIpc) is 3.05. The van der Waals surface area contributed by atoms with Gasteiger partial charge in [0.1, 0.15) is 9.71 Å². The van der Waals surface area contributed by atoms with Crippen molar-refractivity contribution in [3.63, 3.8) is 0 Å². The number of ketones is 1. The second-order valence-corrected chi connectivity index (χ2v) is 10.5. The molecule has 1 aliphatic rings. The van der Waals surface area contributed by atoms with Gasteiger partial charge in [-0.1, -0.05) is 57.2 Å². The first kappa shape index (κ1) is 19.3. The summed E-state index contributed by atoms with van der Waals surface area (Å²) in [6.45, 7) is 6.94. The van der Waals surface area contributed by atoms with Gasteiger partial charge in [0.2, 0.25) is 5.78 Å². The van der Waals surface area contributed by atoms with E-state index in [0.29, 0.717) is 22.0 Å². The molecule has 0 spiro atoms. The third kappa shape index (κ3) is 3.20. The van der Waals surface area contributed by atoms with Gasteiger partial charge in [-0.05, 0) is 59.1 Å². The van der Waals surface area contributed by atoms with Crippen LogP contribution in [-0.2, 0) is 12.8 Å². The zero-order valence-corrected chi connectivity index (χ0v) is 18.5. The van der Waals surface area contributed by atoms with Crippen LogP contribution in [0.1, 0.15) is 53.7 Å². The maximum absolute atomic E-state index is 13.3. The van der Waals surface area contributed by atoms with Crippen LogP contribution in [-0.4, -0.2) is 10.8 Å². The second-order valence-electron chi connectivity index (χ2n) is 9.49. The highest BCUT2D eigenvalue weighted by Gasteiger charge is 2.30. The fourth-order valence-corrected chi connectivity index (χ4v) is 5.62. The molecular formula is C26H26N2OS. The number of hydrogen-bond donors (Lipinski definition) is 1. The van der Waals surface area contributed by atoms with E-state index in [2.05, 4.69) is 32.9 Å². The number of benzene rings is 2. The van der Waals surface area contributed by atoms with Gasteiger partial charge in [-0.3, -0.25) is 4.79 Å². The number of pyridine rings is 1. The minimum absolute atomic E-state index is 0.0215. The van der Waals surface area contributed by atoms with Gasteiger partial charge in [0.15, 0.2) is 0 Å². The van der Waals surface area contributed by atoms with Crippen LogP contribution >= 0.6 is 11.3 Å². The molecule has 0 radical (unpaired) electrons. The molecule has 2 aromatic carbocycles. The summed E-state index contributed by atoms with van der Waals surface area (Å²) < 4.78 is 0. The first-order valence-electron chi connectivity index (χ1n) is 10.6. The molecule has 1 aliphatic carbocycles. The van der Waals surface area contributed by atoms with Crippen LogP contribution < -0.4 is 5.73 Å². The summed E-state index contributed by atoms with van der Waals surface area (Å²) in [5, 5.41) is 3.11. The molecule has 4 aromatic rings. The molecule has 30 heavy (non-hydrogen) atoms. The molecule has 0 amide bonds. The van der Waals surface area contributed by atoms with Crippen LogP contribution in [0, 0.1) is 11.3 Å². The molecule has 1 unspecified atom stereocenters. The summed E-state index contributed by atoms with van der Waals surface area (Å²) in [4.78, 5) is 19.7. The van der Waals surface area contributed by atoms with Crippen LogP contribution in [0.5, 0.6) is 0 Å². The van der Waals surface area contributed by atoms with Crippen molar-refractivity contribution in [1.82, 2.24) is 4.98 Å². The lowest BCUT2D eigenvalue weighted by Gasteiger charge is -2.34. The molecule has 3 nitrogen and oxygen atoms in total. The number of hydrogen-bond acceptors (Lipinski definition) is 4. The minimum atomic E-state index is -0.0215. The second kappa shape index (κ2) is 6.92. The van der Waals surface area contributed by atoms with Crippen LogP contribution in [0.25, 0.3) is 21.0 Å². The van der Waals surface area contributed by atoms with E-state index >= 15 is 0 Å². The number of nitrogens with zero attached hydrogens (tertiary/aromatic N) is 1. The van der Waals surface area contributed by atoms with Gasteiger partial charge in [0, 0.05) is 16.6 Å². The Labute approximate surface area is 180 Å². The number of nitrogen functional groups attached to an aromatic ring is 1. The Balaban J connectivity index is 1.55. The Bertz CT molecular complexity index is 1300. The van der Waals surface area contributed by atoms with E-state index in [9.17, 15) is 4.79 Å². The van der Waals surface area contributed by atoms with Crippen molar-refractivity contribution < 1.29 is 4.79 Å². The van der Waals surface area contributed by atoms with Gasteiger partial charge in [-0.2, -0.15) is 0 Å². The lowest BCUT2D eigenvalue weighted by atomic mass is 9.71. The molecule has 152 valence electrons. The van der Waals surface area contributed by atoms with Crippen molar-refractivity contribution in [2.24, 2.45) is 11.3 Å². The van der Waals surface area contributed by atoms with E-state index in [0.717, 1.165) is 33.8 Å². The number of carbonyl (C=O) groups excluding carboxylic acids is 1. The molecule has 0 fully saturated rings. The van der Waals surface area contributed by atoms with Gasteiger partial charge in [-0.15, -0.1) is 11.3 Å². The molecule has 2 N–H and O–H groups in total. The Kier molecular flexibility index (Phi) is 4.44. The van der Waals surface area contributed by atoms with Gasteiger partial charge in [0.25, 0.3) is 0 Å². The number of nitrogens with two attached hydrogens (primary N) is 1. The summed E-state index contributed by atoms with van der Waals surface area (Å²) in [6, 6.07) is 16.1. The van der Waals surface area contributed by atoms with Crippen LogP contribution in [0.3, 0.4) is 0 Å². The van der Waals surface area contributed by atoms with Gasteiger partial charge in [0.05, 0.1) is 5.69 Å². The predicted molar refractivity (Wildman–Crippen MR) is 126 cm³/mol. The van der Waals surface area contributed by atoms with Crippen molar-refractivity contribution >= 4 is 43.8 Å². The fraction of sp³-hybridized carbons (Fsp3) is 0.308. The number of aryl methyl sites for hydroxylation is 1. The SMILES string of the molecule is CC(C)(C)C1CCc2nc3sc(C(=O)c4ccc5ccccc5c4)c(N)c3cc2C1. The van der Waals surface area contributed by atoms with Gasteiger partial charge in [-0.25, -0.2) is 4.98 Å². The molecule has 0 saturated carbocycles. The average molecular weight is 415 g/mol. The highest BCUT2D eigenvalue weighted by Crippen LogP contribution is 2.41. The van der Waals surface area contributed by atoms with E-state index in [1.165, 1.54) is 29.0 Å². The van der Waals surface area contributed by atoms with E-state index in [1.807, 2.05) is 36.4 Å². The minimum Gasteiger partial charge on any atom is -0.397 e. The molecule has 4 heteroatoms. The van der Waals surface area contributed by atoms with Crippen molar-refractivity contribution in [3.8, 4) is 0 Å². The zero-order valence-electron chi connectivity index (χ0n) is 17.7. The highest BCUT2D eigenvalue weighted by molar-refractivity contribution is 7.21. The lowest BCUT2D eigenvalue weighted by Crippen LogP contribution is -2.27. The Morgan fingerprint density at radius 3 is 2.63 bits per heavy atom. The van der Waals surface area contributed by atoms with E-state index in [4.69, 9.17) is 10.7 Å². The molecule has 1 atom stereocenters. The first-order chi connectivity index (χ1) is 14.3. The predicted octanol–water partition coefficient (Wildman–Crippen LogP) is 6.41. The van der Waals surface area contributed by atoms with E-state index in [-0.39, 0.29) is 11.2 Å². The van der Waals surface area contributed by atoms with Gasteiger partial charge >= 0.3 is 0 Å². The van der Waals surface area contributed by atoms with Gasteiger partial charge < -0.3 is 5.73 Å². The normalized spacial score (nSPS) is 16.7. The van der Waals surface area contributed by atoms with Crippen molar-refractivity contribution in [1.29, 1.82) is 0 Å².